The topological polar surface area (TPSA) is 196 Å². The van der Waals surface area contributed by atoms with Gasteiger partial charge in [-0.15, -0.1) is 0 Å². The number of piperidine rings is 2. The van der Waals surface area contributed by atoms with Gasteiger partial charge in [-0.05, 0) is 75.4 Å². The molecule has 0 spiro atoms. The van der Waals surface area contributed by atoms with E-state index in [1.807, 2.05) is 26.0 Å². The van der Waals surface area contributed by atoms with Gasteiger partial charge < -0.3 is 29.3 Å². The number of hydrogen-bond acceptors (Lipinski definition) is 13. The van der Waals surface area contributed by atoms with Gasteiger partial charge >= 0.3 is 0 Å². The van der Waals surface area contributed by atoms with Gasteiger partial charge in [0.15, 0.2) is 0 Å². The molecular weight excluding hydrogens is 805 g/mol. The zero-order valence-electron chi connectivity index (χ0n) is 37.2. The van der Waals surface area contributed by atoms with Crippen molar-refractivity contribution in [3.8, 4) is 23.3 Å². The summed E-state index contributed by atoms with van der Waals surface area (Å²) in [6, 6.07) is 8.33. The summed E-state index contributed by atoms with van der Waals surface area (Å²) in [5.41, 5.74) is 2.16. The molecule has 5 aliphatic rings. The Morgan fingerprint density at radius 2 is 1.60 bits per heavy atom. The molecule has 332 valence electrons. The number of nitrogens with one attached hydrogen (secondary N) is 2. The van der Waals surface area contributed by atoms with Crippen LogP contribution in [0.5, 0.6) is 17.2 Å². The minimum atomic E-state index is -1.06. The molecule has 4 heterocycles. The first-order valence-electron chi connectivity index (χ1n) is 21.8. The number of fused-ring (bicyclic) bond motifs is 1. The molecule has 2 aliphatic carbocycles. The van der Waals surface area contributed by atoms with Crippen LogP contribution in [0.1, 0.15) is 114 Å². The Morgan fingerprint density at radius 1 is 0.937 bits per heavy atom. The number of nitriles is 1. The van der Waals surface area contributed by atoms with Crippen molar-refractivity contribution >= 4 is 35.4 Å². The normalized spacial score (nSPS) is 25.1. The fourth-order valence-electron chi connectivity index (χ4n) is 10.8. The molecule has 1 atom stereocenters. The summed E-state index contributed by atoms with van der Waals surface area (Å²) in [7, 11) is 3.56. The van der Waals surface area contributed by atoms with Crippen molar-refractivity contribution in [2.24, 2.45) is 16.7 Å². The lowest BCUT2D eigenvalue weighted by Gasteiger charge is -2.63. The molecule has 16 nitrogen and oxygen atoms in total. The number of carbonyl (C=O) groups is 5. The summed E-state index contributed by atoms with van der Waals surface area (Å²) < 4.78 is 18.3. The third kappa shape index (κ3) is 7.96. The predicted molar refractivity (Wildman–Crippen MR) is 231 cm³/mol. The quantitative estimate of drug-likeness (QED) is 0.237. The van der Waals surface area contributed by atoms with Crippen molar-refractivity contribution in [3.05, 3.63) is 70.2 Å². The van der Waals surface area contributed by atoms with E-state index in [9.17, 15) is 29.2 Å². The Bertz CT molecular complexity index is 2360. The van der Waals surface area contributed by atoms with Crippen LogP contribution in [-0.4, -0.2) is 113 Å². The van der Waals surface area contributed by atoms with Crippen molar-refractivity contribution in [2.75, 3.05) is 38.7 Å². The van der Waals surface area contributed by atoms with E-state index < -0.39 is 29.7 Å². The van der Waals surface area contributed by atoms with Crippen LogP contribution in [0.15, 0.2) is 36.7 Å². The van der Waals surface area contributed by atoms with Crippen LogP contribution in [0.3, 0.4) is 0 Å². The van der Waals surface area contributed by atoms with Crippen LogP contribution in [0.25, 0.3) is 0 Å². The van der Waals surface area contributed by atoms with Crippen LogP contribution in [0.2, 0.25) is 0 Å². The number of nitrogens with zero attached hydrogens (tertiary/aromatic N) is 6. The molecule has 4 fully saturated rings. The smallest absolute Gasteiger partial charge is 0.271 e. The van der Waals surface area contributed by atoms with Gasteiger partial charge in [0.1, 0.15) is 47.0 Å². The van der Waals surface area contributed by atoms with E-state index in [-0.39, 0.29) is 70.4 Å². The largest absolute Gasteiger partial charge is 0.496 e. The molecule has 5 amide bonds. The summed E-state index contributed by atoms with van der Waals surface area (Å²) in [4.78, 5) is 79.2. The predicted octanol–water partition coefficient (Wildman–Crippen LogP) is 4.75. The van der Waals surface area contributed by atoms with Crippen molar-refractivity contribution in [3.63, 3.8) is 0 Å². The molecule has 3 aromatic rings. The van der Waals surface area contributed by atoms with Crippen molar-refractivity contribution in [2.45, 2.75) is 110 Å². The van der Waals surface area contributed by atoms with Gasteiger partial charge in [0.25, 0.3) is 17.7 Å². The van der Waals surface area contributed by atoms with Gasteiger partial charge in [-0.25, -0.2) is 9.97 Å². The first-order valence-corrected chi connectivity index (χ1v) is 21.8. The molecule has 0 radical (unpaired) electrons. The summed E-state index contributed by atoms with van der Waals surface area (Å²) in [6.45, 7) is 14.8. The van der Waals surface area contributed by atoms with E-state index >= 15 is 0 Å². The number of ether oxygens (including phenoxy) is 3. The molecule has 2 saturated carbocycles. The first-order chi connectivity index (χ1) is 29.9. The lowest BCUT2D eigenvalue weighted by molar-refractivity contribution is -0.164. The summed E-state index contributed by atoms with van der Waals surface area (Å²) in [6.07, 6.45) is 6.72. The molecule has 3 aliphatic heterocycles. The van der Waals surface area contributed by atoms with Gasteiger partial charge in [-0.2, -0.15) is 5.26 Å². The number of imide groups is 2. The van der Waals surface area contributed by atoms with Crippen LogP contribution < -0.4 is 29.7 Å². The van der Waals surface area contributed by atoms with Gasteiger partial charge in [-0.1, -0.05) is 27.7 Å². The highest BCUT2D eigenvalue weighted by atomic mass is 16.5. The SMILES string of the molecule is COc1cc(OC2CC(N(C)CC3CCN(c4cnc(C(=O)NC5C(C)(C)C(Oc6cc(C)c(C#N)c(C)c6)C5(C)C)cn4)CC3)C2)cc2c1C(=O)N([C@@H]1CCC(=O)NC1=O)C2=O. The van der Waals surface area contributed by atoms with E-state index in [2.05, 4.69) is 71.2 Å². The van der Waals surface area contributed by atoms with Crippen LogP contribution in [-0.2, 0) is 9.59 Å². The number of rotatable bonds is 12. The van der Waals surface area contributed by atoms with Gasteiger partial charge in [0, 0.05) is 67.9 Å². The highest BCUT2D eigenvalue weighted by Crippen LogP contribution is 2.55. The molecule has 2 N–H and O–H groups in total. The number of benzene rings is 2. The Hall–Kier alpha value is -6.08. The van der Waals surface area contributed by atoms with Crippen molar-refractivity contribution in [1.82, 2.24) is 30.4 Å². The van der Waals surface area contributed by atoms with Gasteiger partial charge in [-0.3, -0.25) is 34.2 Å². The van der Waals surface area contributed by atoms with E-state index in [0.717, 1.165) is 72.9 Å². The Labute approximate surface area is 367 Å². The highest BCUT2D eigenvalue weighted by Gasteiger charge is 2.64. The summed E-state index contributed by atoms with van der Waals surface area (Å²) in [5, 5.41) is 14.9. The van der Waals surface area contributed by atoms with E-state index in [4.69, 9.17) is 14.2 Å². The second-order valence-electron chi connectivity index (χ2n) is 19.1. The third-order valence-corrected chi connectivity index (χ3v) is 14.0. The minimum absolute atomic E-state index is 0.0416. The standard InChI is InChI=1S/C47H56N8O8/c1-25-15-29(16-26(2)33(25)21-48)63-45-46(3,4)44(47(45,5)6)52-40(57)34-22-50-37(23-49-34)54-13-11-27(12-14-54)24-53(7)28-17-30(18-28)62-31-19-32-39(36(20-31)61-8)43(60)55(42(32)59)35-9-10-38(56)51-41(35)58/h15-16,19-20,22-23,27-28,30,35,44-45H,9-14,17-18,24H2,1-8H3,(H,52,57)(H,51,56,58)/t28?,30?,35-,44?,45?/m1/s1. The maximum atomic E-state index is 13.5. The molecule has 2 aromatic carbocycles. The van der Waals surface area contributed by atoms with Crippen LogP contribution >= 0.6 is 0 Å². The summed E-state index contributed by atoms with van der Waals surface area (Å²) in [5.74, 6) is 0.000329. The summed E-state index contributed by atoms with van der Waals surface area (Å²) >= 11 is 0. The lowest BCUT2D eigenvalue weighted by atomic mass is 9.49. The minimum Gasteiger partial charge on any atom is -0.496 e. The zero-order chi connectivity index (χ0) is 45.1. The number of anilines is 1. The highest BCUT2D eigenvalue weighted by molar-refractivity contribution is 6.24. The number of aryl methyl sites for hydroxylation is 2. The van der Waals surface area contributed by atoms with Gasteiger partial charge in [0.2, 0.25) is 11.8 Å². The Balaban J connectivity index is 0.788. The van der Waals surface area contributed by atoms with Crippen molar-refractivity contribution < 1.29 is 38.2 Å². The average molecular weight is 861 g/mol. The second-order valence-corrected chi connectivity index (χ2v) is 19.1. The second kappa shape index (κ2) is 16.6. The van der Waals surface area contributed by atoms with Crippen LogP contribution in [0.4, 0.5) is 5.82 Å². The fourth-order valence-corrected chi connectivity index (χ4v) is 10.8. The van der Waals surface area contributed by atoms with Crippen LogP contribution in [0, 0.1) is 41.9 Å². The number of hydrogen-bond donors (Lipinski definition) is 2. The maximum absolute atomic E-state index is 13.5. The average Bonchev–Trinajstić information content (AvgIpc) is 3.47. The molecular formula is C47H56N8O8. The van der Waals surface area contributed by atoms with E-state index in [1.54, 1.807) is 24.5 Å². The third-order valence-electron chi connectivity index (χ3n) is 14.0. The van der Waals surface area contributed by atoms with E-state index in [1.165, 1.54) is 7.11 Å². The van der Waals surface area contributed by atoms with Crippen molar-refractivity contribution in [1.29, 1.82) is 5.26 Å². The Kier molecular flexibility index (Phi) is 11.5. The number of amides is 5. The lowest BCUT2D eigenvalue weighted by Crippen LogP contribution is -2.74. The molecule has 0 unspecified atom stereocenters. The zero-order valence-corrected chi connectivity index (χ0v) is 37.2. The molecule has 8 rings (SSSR count). The maximum Gasteiger partial charge on any atom is 0.271 e. The van der Waals surface area contributed by atoms with E-state index in [0.29, 0.717) is 23.3 Å². The molecule has 63 heavy (non-hydrogen) atoms. The fraction of sp³-hybridized carbons (Fsp3) is 0.532. The number of methoxy groups -OCH3 is 1. The van der Waals surface area contributed by atoms with Gasteiger partial charge in [0.05, 0.1) is 42.3 Å². The molecule has 16 heteroatoms. The molecule has 1 aromatic heterocycles. The number of aromatic nitrogens is 2. The molecule has 2 saturated heterocycles. The Morgan fingerprint density at radius 3 is 2.21 bits per heavy atom. The monoisotopic (exact) mass is 860 g/mol. The number of carbonyl (C=O) groups excluding carboxylic acids is 5. The molecule has 0 bridgehead atoms. The first kappa shape index (κ1) is 43.6.